The third-order valence-electron chi connectivity index (χ3n) is 16.3. The molecule has 0 unspecified atom stereocenters. The number of aromatic amines is 3. The number of carbonyl (C=O) groups excluding carboxylic acids is 3. The number of nitrogens with one attached hydrogen (secondary N) is 4. The molecule has 6 aromatic rings. The van der Waals surface area contributed by atoms with Crippen molar-refractivity contribution in [1.82, 2.24) is 34.8 Å². The molecule has 2 spiro atoms. The van der Waals surface area contributed by atoms with E-state index in [0.29, 0.717) is 33.0 Å². The first kappa shape index (κ1) is 42.8. The van der Waals surface area contributed by atoms with Crippen LogP contribution in [0.4, 0.5) is 11.4 Å². The van der Waals surface area contributed by atoms with Gasteiger partial charge in [0.05, 0.1) is 47.3 Å². The summed E-state index contributed by atoms with van der Waals surface area (Å²) in [4.78, 5) is 50.9. The SMILES string of the molecule is C[Si](C)(C)CCOCn1cc2c(n1)-c1[nH]c3cc4c(cc3c1CCC2)NC(=O)C41CCCC1.O=C(CN1C(=O)C2(CCCC2)c2cc3[nH]c4c(c3cc21)CCCc1cn[nH]c1-4)N1CCOCC1. The fourth-order valence-corrected chi connectivity index (χ4v) is 13.5. The van der Waals surface area contributed by atoms with Crippen LogP contribution in [0, 0.1) is 0 Å². The van der Waals surface area contributed by atoms with Crippen molar-refractivity contribution in [1.29, 1.82) is 0 Å². The largest absolute Gasteiger partial charge is 0.378 e. The van der Waals surface area contributed by atoms with Crippen LogP contribution in [-0.4, -0.2) is 100 Å². The minimum Gasteiger partial charge on any atom is -0.378 e. The molecule has 7 aliphatic rings. The Morgan fingerprint density at radius 2 is 1.46 bits per heavy atom. The van der Waals surface area contributed by atoms with E-state index in [-0.39, 0.29) is 29.7 Å². The van der Waals surface area contributed by atoms with Crippen LogP contribution >= 0.6 is 0 Å². The van der Waals surface area contributed by atoms with Gasteiger partial charge in [-0.25, -0.2) is 4.68 Å². The highest BCUT2D eigenvalue weighted by Crippen LogP contribution is 2.54. The van der Waals surface area contributed by atoms with E-state index < -0.39 is 13.5 Å². The van der Waals surface area contributed by atoms with Crippen LogP contribution in [0.25, 0.3) is 44.6 Å². The molecule has 2 aromatic carbocycles. The molecule has 0 atom stereocenters. The number of H-pyrrole nitrogens is 3. The number of anilines is 2. The lowest BCUT2D eigenvalue weighted by atomic mass is 9.80. The Labute approximate surface area is 391 Å². The Balaban J connectivity index is 0.000000140. The van der Waals surface area contributed by atoms with Gasteiger partial charge in [-0.1, -0.05) is 45.3 Å². The van der Waals surface area contributed by atoms with E-state index in [0.717, 1.165) is 153 Å². The minimum atomic E-state index is -1.09. The summed E-state index contributed by atoms with van der Waals surface area (Å²) in [6.07, 6.45) is 18.3. The lowest BCUT2D eigenvalue weighted by molar-refractivity contribution is -0.135. The zero-order valence-corrected chi connectivity index (χ0v) is 40.3. The molecule has 7 heterocycles. The van der Waals surface area contributed by atoms with Crippen molar-refractivity contribution >= 4 is 59.0 Å². The van der Waals surface area contributed by atoms with Crippen LogP contribution in [-0.2, 0) is 67.1 Å². The van der Waals surface area contributed by atoms with Crippen molar-refractivity contribution in [3.63, 3.8) is 0 Å². The first-order valence-corrected chi connectivity index (χ1v) is 28.7. The number of morpholine rings is 1. The number of benzene rings is 2. The Bertz CT molecular complexity index is 2950. The molecule has 14 nitrogen and oxygen atoms in total. The molecule has 4 aliphatic carbocycles. The van der Waals surface area contributed by atoms with Gasteiger partial charge in [-0.3, -0.25) is 19.5 Å². The summed E-state index contributed by atoms with van der Waals surface area (Å²) in [6.45, 7) is 10.9. The number of amides is 3. The highest BCUT2D eigenvalue weighted by Gasteiger charge is 2.53. The van der Waals surface area contributed by atoms with Gasteiger partial charge in [0.15, 0.2) is 0 Å². The summed E-state index contributed by atoms with van der Waals surface area (Å²) in [6, 6.07) is 10.0. The first-order valence-electron chi connectivity index (χ1n) is 25.0. The zero-order valence-electron chi connectivity index (χ0n) is 39.3. The summed E-state index contributed by atoms with van der Waals surface area (Å²) < 4.78 is 13.3. The van der Waals surface area contributed by atoms with Crippen molar-refractivity contribution < 1.29 is 23.9 Å². The van der Waals surface area contributed by atoms with E-state index in [2.05, 4.69) is 75.6 Å². The van der Waals surface area contributed by atoms with Crippen LogP contribution in [0.3, 0.4) is 0 Å². The Hall–Kier alpha value is -5.51. The number of nitrogens with zero attached hydrogens (tertiary/aromatic N) is 5. The summed E-state index contributed by atoms with van der Waals surface area (Å²) in [5, 5.41) is 18.0. The van der Waals surface area contributed by atoms with E-state index in [1.807, 2.05) is 15.8 Å². The number of hydrogen-bond donors (Lipinski definition) is 4. The Morgan fingerprint density at radius 1 is 0.791 bits per heavy atom. The van der Waals surface area contributed by atoms with Gasteiger partial charge in [-0.05, 0) is 128 Å². The van der Waals surface area contributed by atoms with Crippen molar-refractivity contribution in [2.75, 3.05) is 49.7 Å². The van der Waals surface area contributed by atoms with Crippen molar-refractivity contribution in [3.05, 3.63) is 70.0 Å². The molecule has 3 fully saturated rings. The van der Waals surface area contributed by atoms with Gasteiger partial charge < -0.3 is 34.6 Å². The highest BCUT2D eigenvalue weighted by molar-refractivity contribution is 6.76. The smallest absolute Gasteiger partial charge is 0.242 e. The predicted molar refractivity (Wildman–Crippen MR) is 262 cm³/mol. The number of fused-ring (bicyclic) bond motifs is 14. The third kappa shape index (κ3) is 7.12. The van der Waals surface area contributed by atoms with Crippen LogP contribution in [0.5, 0.6) is 0 Å². The number of rotatable bonds is 7. The molecule has 4 N–H and O–H groups in total. The molecule has 13 rings (SSSR count). The van der Waals surface area contributed by atoms with Crippen LogP contribution in [0.2, 0.25) is 25.7 Å². The monoisotopic (exact) mass is 921 g/mol. The summed E-state index contributed by atoms with van der Waals surface area (Å²) >= 11 is 0. The van der Waals surface area contributed by atoms with Crippen molar-refractivity contribution in [2.24, 2.45) is 0 Å². The van der Waals surface area contributed by atoms with Crippen LogP contribution in [0.1, 0.15) is 97.6 Å². The van der Waals surface area contributed by atoms with Gasteiger partial charge in [0, 0.05) is 67.1 Å². The molecular formula is C52H63N9O5Si. The molecule has 0 bridgehead atoms. The number of hydrogen-bond acceptors (Lipinski definition) is 7. The topological polar surface area (TPSA) is 166 Å². The zero-order chi connectivity index (χ0) is 45.7. The normalized spacial score (nSPS) is 20.0. The van der Waals surface area contributed by atoms with Crippen LogP contribution in [0.15, 0.2) is 36.7 Å². The summed E-state index contributed by atoms with van der Waals surface area (Å²) in [7, 11) is -1.09. The van der Waals surface area contributed by atoms with Gasteiger partial charge >= 0.3 is 0 Å². The molecule has 3 amide bonds. The molecule has 4 aromatic heterocycles. The Kier molecular flexibility index (Phi) is 10.4. The third-order valence-corrected chi connectivity index (χ3v) is 18.0. The molecule has 67 heavy (non-hydrogen) atoms. The predicted octanol–water partition coefficient (Wildman–Crippen LogP) is 8.66. The fourth-order valence-electron chi connectivity index (χ4n) is 12.7. The van der Waals surface area contributed by atoms with Gasteiger partial charge in [0.2, 0.25) is 17.7 Å². The lowest BCUT2D eigenvalue weighted by Gasteiger charge is -2.29. The molecule has 3 aliphatic heterocycles. The molecular weight excluding hydrogens is 859 g/mol. The van der Waals surface area contributed by atoms with E-state index in [1.165, 1.54) is 39.2 Å². The Morgan fingerprint density at radius 3 is 2.21 bits per heavy atom. The van der Waals surface area contributed by atoms with Gasteiger partial charge in [0.25, 0.3) is 0 Å². The minimum absolute atomic E-state index is 0.00717. The van der Waals surface area contributed by atoms with Gasteiger partial charge in [0.1, 0.15) is 19.0 Å². The van der Waals surface area contributed by atoms with Crippen LogP contribution < -0.4 is 10.2 Å². The second-order valence-electron chi connectivity index (χ2n) is 21.6. The summed E-state index contributed by atoms with van der Waals surface area (Å²) in [5.41, 5.74) is 15.2. The van der Waals surface area contributed by atoms with Gasteiger partial charge in [-0.15, -0.1) is 0 Å². The summed E-state index contributed by atoms with van der Waals surface area (Å²) in [5.74, 6) is 0.313. The van der Waals surface area contributed by atoms with E-state index >= 15 is 0 Å². The average molecular weight is 922 g/mol. The maximum Gasteiger partial charge on any atom is 0.242 e. The quantitative estimate of drug-likeness (QED) is 0.0919. The number of ether oxygens (including phenoxy) is 2. The molecule has 15 heteroatoms. The molecule has 350 valence electrons. The molecule has 2 saturated carbocycles. The van der Waals surface area contributed by atoms with E-state index in [1.54, 1.807) is 4.90 Å². The fraction of sp³-hybridized carbons (Fsp3) is 0.519. The molecule has 0 radical (unpaired) electrons. The van der Waals surface area contributed by atoms with Gasteiger partial charge in [-0.2, -0.15) is 10.2 Å². The number of aryl methyl sites for hydroxylation is 4. The highest BCUT2D eigenvalue weighted by atomic mass is 28.3. The second kappa shape index (κ2) is 16.3. The maximum absolute atomic E-state index is 13.9. The van der Waals surface area contributed by atoms with Crippen molar-refractivity contribution in [3.8, 4) is 22.8 Å². The lowest BCUT2D eigenvalue weighted by Crippen LogP contribution is -2.48. The van der Waals surface area contributed by atoms with E-state index in [9.17, 15) is 14.4 Å². The molecule has 1 saturated heterocycles. The number of aromatic nitrogens is 6. The standard InChI is InChI=1S/C26H29N5O3.C26H34N4O2Si/c32-22(30-8-10-34-11-9-30)15-31-21-12-18-17-5-3-4-16-14-27-29-23(16)24(17)28-20(18)13-19(21)26(25(31)33)6-1-2-7-26;1-33(2,3)12-11-32-16-30-15-17-7-6-8-18-19-13-22-20(14-21(19)27-24(18)23(17)29-30)26(25(31)28-22)9-4-5-10-26/h12-14,28H,1-11,15H2,(H,27,29);13-15,27H,4-12,16H2,1-3H3,(H,28,31). The average Bonchev–Trinajstić information content (AvgIpc) is 4.21. The first-order chi connectivity index (χ1) is 32.5. The number of carbonyl (C=O) groups is 3. The van der Waals surface area contributed by atoms with E-state index in [4.69, 9.17) is 14.6 Å². The maximum atomic E-state index is 13.9. The second-order valence-corrected chi connectivity index (χ2v) is 27.2. The van der Waals surface area contributed by atoms with Crippen molar-refractivity contribution in [2.45, 2.75) is 133 Å².